The summed E-state index contributed by atoms with van der Waals surface area (Å²) in [5.41, 5.74) is 0.167. The Morgan fingerprint density at radius 3 is 2.72 bits per heavy atom. The predicted molar refractivity (Wildman–Crippen MR) is 107 cm³/mol. The molecule has 0 unspecified atom stereocenters. The summed E-state index contributed by atoms with van der Waals surface area (Å²) in [7, 11) is 0. The smallest absolute Gasteiger partial charge is 0.409 e. The SMILES string of the molecule is Cc1nc(NC2CCN(C(=O)OCC3(F)CNC3)CC2)c2ncn(C(C)C)c2n1. The predicted octanol–water partition coefficient (Wildman–Crippen LogP) is 2.04. The highest BCUT2D eigenvalue weighted by atomic mass is 19.1. The van der Waals surface area contributed by atoms with Gasteiger partial charge in [0.2, 0.25) is 0 Å². The Morgan fingerprint density at radius 2 is 2.10 bits per heavy atom. The van der Waals surface area contributed by atoms with Crippen LogP contribution in [0.5, 0.6) is 0 Å². The van der Waals surface area contributed by atoms with Gasteiger partial charge in [0.25, 0.3) is 0 Å². The maximum absolute atomic E-state index is 14.0. The summed E-state index contributed by atoms with van der Waals surface area (Å²) >= 11 is 0. The van der Waals surface area contributed by atoms with Crippen molar-refractivity contribution in [3.63, 3.8) is 0 Å². The number of ether oxygens (including phenoxy) is 1. The van der Waals surface area contributed by atoms with E-state index in [1.165, 1.54) is 0 Å². The number of aryl methyl sites for hydroxylation is 1. The molecule has 4 heterocycles. The number of carbonyl (C=O) groups is 1. The minimum Gasteiger partial charge on any atom is -0.446 e. The largest absolute Gasteiger partial charge is 0.446 e. The molecular weight excluding hydrogens is 377 g/mol. The molecule has 2 aliphatic rings. The molecule has 158 valence electrons. The molecule has 0 saturated carbocycles. The van der Waals surface area contributed by atoms with Crippen LogP contribution in [0.4, 0.5) is 15.0 Å². The monoisotopic (exact) mass is 405 g/mol. The van der Waals surface area contributed by atoms with Crippen molar-refractivity contribution in [2.24, 2.45) is 0 Å². The van der Waals surface area contributed by atoms with Crippen LogP contribution >= 0.6 is 0 Å². The topological polar surface area (TPSA) is 97.2 Å². The zero-order valence-corrected chi connectivity index (χ0v) is 17.1. The zero-order chi connectivity index (χ0) is 20.6. The van der Waals surface area contributed by atoms with Gasteiger partial charge in [0.1, 0.15) is 17.9 Å². The Bertz CT molecular complexity index is 888. The molecule has 0 aliphatic carbocycles. The number of carbonyl (C=O) groups excluding carboxylic acids is 1. The van der Waals surface area contributed by atoms with E-state index in [1.54, 1.807) is 11.2 Å². The maximum atomic E-state index is 14.0. The molecule has 2 aromatic heterocycles. The van der Waals surface area contributed by atoms with Gasteiger partial charge in [0.15, 0.2) is 17.1 Å². The number of amides is 1. The summed E-state index contributed by atoms with van der Waals surface area (Å²) in [6, 6.07) is 0.430. The van der Waals surface area contributed by atoms with Gasteiger partial charge in [-0.15, -0.1) is 0 Å². The van der Waals surface area contributed by atoms with Gasteiger partial charge >= 0.3 is 6.09 Å². The van der Waals surface area contributed by atoms with Crippen LogP contribution in [0.15, 0.2) is 6.33 Å². The molecule has 9 nitrogen and oxygen atoms in total. The van der Waals surface area contributed by atoms with Gasteiger partial charge < -0.3 is 24.8 Å². The molecule has 0 bridgehead atoms. The summed E-state index contributed by atoms with van der Waals surface area (Å²) in [4.78, 5) is 27.4. The Balaban J connectivity index is 1.35. The summed E-state index contributed by atoms with van der Waals surface area (Å²) in [5.74, 6) is 1.42. The van der Waals surface area contributed by atoms with Crippen LogP contribution < -0.4 is 10.6 Å². The van der Waals surface area contributed by atoms with Crippen LogP contribution in [0.3, 0.4) is 0 Å². The normalized spacial score (nSPS) is 19.4. The first-order valence-corrected chi connectivity index (χ1v) is 10.1. The highest BCUT2D eigenvalue weighted by Gasteiger charge is 2.39. The van der Waals surface area contributed by atoms with Crippen LogP contribution in [0, 0.1) is 6.92 Å². The van der Waals surface area contributed by atoms with Gasteiger partial charge in [-0.2, -0.15) is 0 Å². The fourth-order valence-electron chi connectivity index (χ4n) is 3.68. The third kappa shape index (κ3) is 4.12. The van der Waals surface area contributed by atoms with Crippen molar-refractivity contribution >= 4 is 23.1 Å². The van der Waals surface area contributed by atoms with Crippen molar-refractivity contribution < 1.29 is 13.9 Å². The van der Waals surface area contributed by atoms with E-state index in [4.69, 9.17) is 4.74 Å². The molecule has 0 atom stereocenters. The minimum absolute atomic E-state index is 0.170. The number of hydrogen-bond acceptors (Lipinski definition) is 7. The number of piperidine rings is 1. The minimum atomic E-state index is -1.41. The third-order valence-electron chi connectivity index (χ3n) is 5.52. The number of rotatable bonds is 5. The highest BCUT2D eigenvalue weighted by molar-refractivity contribution is 5.83. The number of hydrogen-bond donors (Lipinski definition) is 2. The Hall–Kier alpha value is -2.49. The van der Waals surface area contributed by atoms with Gasteiger partial charge in [-0.3, -0.25) is 0 Å². The van der Waals surface area contributed by atoms with Crippen LogP contribution in [0.2, 0.25) is 0 Å². The molecule has 2 saturated heterocycles. The van der Waals surface area contributed by atoms with E-state index in [-0.39, 0.29) is 31.8 Å². The Labute approximate surface area is 169 Å². The standard InChI is InChI=1S/C19H28FN7O2/c1-12(2)27-11-22-15-16(23-13(3)24-17(15)27)25-14-4-6-26(7-5-14)18(28)29-10-19(20)8-21-9-19/h11-12,14,21H,4-10H2,1-3H3,(H,23,24,25). The maximum Gasteiger partial charge on any atom is 0.409 e. The van der Waals surface area contributed by atoms with Crippen molar-refractivity contribution in [3.05, 3.63) is 12.2 Å². The number of alkyl halides is 1. The number of aromatic nitrogens is 4. The van der Waals surface area contributed by atoms with E-state index in [2.05, 4.69) is 39.4 Å². The molecule has 0 spiro atoms. The van der Waals surface area contributed by atoms with Gasteiger partial charge in [0.05, 0.1) is 6.33 Å². The van der Waals surface area contributed by atoms with Crippen molar-refractivity contribution in [3.8, 4) is 0 Å². The fourth-order valence-corrected chi connectivity index (χ4v) is 3.68. The Morgan fingerprint density at radius 1 is 1.38 bits per heavy atom. The first-order valence-electron chi connectivity index (χ1n) is 10.1. The van der Waals surface area contributed by atoms with Crippen LogP contribution in [-0.2, 0) is 4.74 Å². The second kappa shape index (κ2) is 7.74. The van der Waals surface area contributed by atoms with Gasteiger partial charge in [0, 0.05) is 38.3 Å². The summed E-state index contributed by atoms with van der Waals surface area (Å²) in [6.45, 7) is 7.46. The zero-order valence-electron chi connectivity index (χ0n) is 17.1. The molecule has 0 aromatic carbocycles. The van der Waals surface area contributed by atoms with Gasteiger partial charge in [-0.1, -0.05) is 0 Å². The molecule has 2 aromatic rings. The number of anilines is 1. The molecule has 2 aliphatic heterocycles. The first kappa shape index (κ1) is 19.8. The second-order valence-electron chi connectivity index (χ2n) is 8.25. The lowest BCUT2D eigenvalue weighted by atomic mass is 10.0. The lowest BCUT2D eigenvalue weighted by molar-refractivity contribution is -0.00162. The van der Waals surface area contributed by atoms with Gasteiger partial charge in [-0.25, -0.2) is 24.1 Å². The van der Waals surface area contributed by atoms with E-state index < -0.39 is 11.8 Å². The summed E-state index contributed by atoms with van der Waals surface area (Å²) in [6.07, 6.45) is 2.87. The Kier molecular flexibility index (Phi) is 5.28. The quantitative estimate of drug-likeness (QED) is 0.786. The average molecular weight is 405 g/mol. The number of nitrogens with one attached hydrogen (secondary N) is 2. The molecule has 4 rings (SSSR count). The van der Waals surface area contributed by atoms with E-state index in [0.717, 1.165) is 29.8 Å². The molecule has 0 radical (unpaired) electrons. The highest BCUT2D eigenvalue weighted by Crippen LogP contribution is 2.24. The van der Waals surface area contributed by atoms with Crippen LogP contribution in [0.1, 0.15) is 38.6 Å². The van der Waals surface area contributed by atoms with Gasteiger partial charge in [-0.05, 0) is 33.6 Å². The molecule has 29 heavy (non-hydrogen) atoms. The number of fused-ring (bicyclic) bond motifs is 1. The number of likely N-dealkylation sites (tertiary alicyclic amines) is 1. The fraction of sp³-hybridized carbons (Fsp3) is 0.684. The first-order chi connectivity index (χ1) is 13.8. The number of nitrogens with zero attached hydrogens (tertiary/aromatic N) is 5. The van der Waals surface area contributed by atoms with E-state index in [1.807, 2.05) is 11.5 Å². The third-order valence-corrected chi connectivity index (χ3v) is 5.52. The van der Waals surface area contributed by atoms with E-state index in [9.17, 15) is 9.18 Å². The molecular formula is C19H28FN7O2. The molecule has 1 amide bonds. The summed E-state index contributed by atoms with van der Waals surface area (Å²) in [5, 5.41) is 6.33. The second-order valence-corrected chi connectivity index (χ2v) is 8.25. The molecule has 2 N–H and O–H groups in total. The average Bonchev–Trinajstić information content (AvgIpc) is 3.09. The van der Waals surface area contributed by atoms with Crippen molar-refractivity contribution in [2.75, 3.05) is 38.1 Å². The lowest BCUT2D eigenvalue weighted by Gasteiger charge is -2.36. The van der Waals surface area contributed by atoms with Crippen LogP contribution in [-0.4, -0.2) is 75.0 Å². The molecule has 10 heteroatoms. The summed E-state index contributed by atoms with van der Waals surface area (Å²) < 4.78 is 21.2. The van der Waals surface area contributed by atoms with E-state index in [0.29, 0.717) is 18.9 Å². The van der Waals surface area contributed by atoms with Crippen LogP contribution in [0.25, 0.3) is 11.2 Å². The lowest BCUT2D eigenvalue weighted by Crippen LogP contribution is -2.59. The number of halogens is 1. The van der Waals surface area contributed by atoms with Crippen molar-refractivity contribution in [1.82, 2.24) is 29.7 Å². The van der Waals surface area contributed by atoms with E-state index >= 15 is 0 Å². The van der Waals surface area contributed by atoms with Crippen molar-refractivity contribution in [1.29, 1.82) is 0 Å². The number of imidazole rings is 1. The molecule has 2 fully saturated rings. The van der Waals surface area contributed by atoms with Crippen molar-refractivity contribution in [2.45, 2.75) is 51.4 Å².